The van der Waals surface area contributed by atoms with Crippen LogP contribution in [0.1, 0.15) is 0 Å². The summed E-state index contributed by atoms with van der Waals surface area (Å²) in [7, 11) is 0. The van der Waals surface area contributed by atoms with Gasteiger partial charge < -0.3 is 4.98 Å². The highest BCUT2D eigenvalue weighted by Crippen LogP contribution is 2.34. The summed E-state index contributed by atoms with van der Waals surface area (Å²) < 4.78 is 0. The maximum Gasteiger partial charge on any atom is 0.332 e. The molecule has 1 aromatic heterocycles. The third kappa shape index (κ3) is 2.58. The quantitative estimate of drug-likeness (QED) is 0.518. The highest BCUT2D eigenvalue weighted by Gasteiger charge is 2.18. The number of rotatable bonds is 2. The molecule has 0 saturated carbocycles. The molecule has 1 N–H and O–H groups in total. The van der Waals surface area contributed by atoms with Crippen molar-refractivity contribution >= 4 is 40.5 Å². The Balaban J connectivity index is 2.73. The van der Waals surface area contributed by atoms with Crippen LogP contribution in [-0.2, 0) is 0 Å². The first-order valence-corrected chi connectivity index (χ1v) is 6.05. The number of aromatic nitrogens is 1. The molecule has 0 radical (unpaired) electrons. The molecule has 5 nitrogen and oxygen atoms in total. The molecule has 2 aromatic rings. The van der Waals surface area contributed by atoms with Crippen molar-refractivity contribution < 1.29 is 4.92 Å². The summed E-state index contributed by atoms with van der Waals surface area (Å²) in [6, 6.07) is 2.76. The van der Waals surface area contributed by atoms with Crippen molar-refractivity contribution in [1.29, 1.82) is 0 Å². The molecule has 0 aliphatic heterocycles. The topological polar surface area (TPSA) is 76.0 Å². The summed E-state index contributed by atoms with van der Waals surface area (Å²) in [6.45, 7) is 0. The number of nitrogens with one attached hydrogen (secondary N) is 1. The number of hydrogen-bond acceptors (Lipinski definition) is 3. The highest BCUT2D eigenvalue weighted by molar-refractivity contribution is 6.44. The smallest absolute Gasteiger partial charge is 0.332 e. The van der Waals surface area contributed by atoms with Crippen LogP contribution in [0.5, 0.6) is 0 Å². The Labute approximate surface area is 121 Å². The van der Waals surface area contributed by atoms with Crippen LogP contribution >= 0.6 is 34.8 Å². The average Bonchev–Trinajstić information content (AvgIpc) is 2.34. The molecule has 19 heavy (non-hydrogen) atoms. The Bertz CT molecular complexity index is 728. The molecule has 0 amide bonds. The van der Waals surface area contributed by atoms with E-state index in [0.29, 0.717) is 0 Å². The van der Waals surface area contributed by atoms with E-state index in [-0.39, 0.29) is 26.2 Å². The van der Waals surface area contributed by atoms with Gasteiger partial charge in [0.25, 0.3) is 5.43 Å². The third-order valence-electron chi connectivity index (χ3n) is 2.42. The summed E-state index contributed by atoms with van der Waals surface area (Å²) in [5.41, 5.74) is -0.984. The SMILES string of the molecule is O=c1c(-c2cc(Cl)c(Cl)cc2Cl)c[nH]cc1[N+](=O)[O-]. The lowest BCUT2D eigenvalue weighted by molar-refractivity contribution is -0.386. The lowest BCUT2D eigenvalue weighted by Gasteiger charge is -2.05. The van der Waals surface area contributed by atoms with Gasteiger partial charge in [-0.3, -0.25) is 14.9 Å². The summed E-state index contributed by atoms with van der Waals surface area (Å²) >= 11 is 17.6. The Morgan fingerprint density at radius 3 is 2.26 bits per heavy atom. The minimum atomic E-state index is -0.770. The predicted octanol–water partition coefficient (Wildman–Crippen LogP) is 3.91. The van der Waals surface area contributed by atoms with Crippen LogP contribution in [0.4, 0.5) is 5.69 Å². The largest absolute Gasteiger partial charge is 0.361 e. The molecule has 2 rings (SSSR count). The molecule has 1 heterocycles. The molecule has 0 fully saturated rings. The van der Waals surface area contributed by atoms with E-state index in [4.69, 9.17) is 34.8 Å². The minimum absolute atomic E-state index is 0.0535. The van der Waals surface area contributed by atoms with Gasteiger partial charge in [0.15, 0.2) is 0 Å². The molecule has 0 aliphatic carbocycles. The Kier molecular flexibility index (Phi) is 3.80. The standard InChI is InChI=1S/C11H5Cl3N2O3/c12-7-2-9(14)8(13)1-5(7)6-3-15-4-10(11(6)17)16(18)19/h1-4H,(H,15,17). The maximum atomic E-state index is 12.0. The second-order valence-electron chi connectivity index (χ2n) is 3.59. The average molecular weight is 320 g/mol. The van der Waals surface area contributed by atoms with E-state index in [1.165, 1.54) is 18.3 Å². The summed E-state index contributed by atoms with van der Waals surface area (Å²) in [6.07, 6.45) is 2.33. The number of nitro groups is 1. The van der Waals surface area contributed by atoms with E-state index in [1.54, 1.807) is 0 Å². The van der Waals surface area contributed by atoms with E-state index >= 15 is 0 Å². The van der Waals surface area contributed by atoms with Gasteiger partial charge in [-0.2, -0.15) is 0 Å². The zero-order valence-corrected chi connectivity index (χ0v) is 11.4. The molecule has 0 saturated heterocycles. The summed E-state index contributed by atoms with van der Waals surface area (Å²) in [5, 5.41) is 11.3. The van der Waals surface area contributed by atoms with E-state index in [2.05, 4.69) is 4.98 Å². The zero-order valence-electron chi connectivity index (χ0n) is 9.12. The predicted molar refractivity (Wildman–Crippen MR) is 74.2 cm³/mol. The van der Waals surface area contributed by atoms with E-state index in [1.807, 2.05) is 0 Å². The second kappa shape index (κ2) is 5.21. The van der Waals surface area contributed by atoms with Crippen LogP contribution in [0.3, 0.4) is 0 Å². The van der Waals surface area contributed by atoms with Crippen molar-refractivity contribution in [2.45, 2.75) is 0 Å². The van der Waals surface area contributed by atoms with Crippen molar-refractivity contribution in [2.75, 3.05) is 0 Å². The van der Waals surface area contributed by atoms with E-state index in [9.17, 15) is 14.9 Å². The molecule has 0 spiro atoms. The molecular formula is C11H5Cl3N2O3. The van der Waals surface area contributed by atoms with Gasteiger partial charge in [0.05, 0.1) is 31.8 Å². The number of pyridine rings is 1. The molecule has 8 heteroatoms. The zero-order chi connectivity index (χ0) is 14.2. The lowest BCUT2D eigenvalue weighted by Crippen LogP contribution is -2.11. The molecule has 0 bridgehead atoms. The van der Waals surface area contributed by atoms with Crippen molar-refractivity contribution in [3.63, 3.8) is 0 Å². The molecule has 0 unspecified atom stereocenters. The Hall–Kier alpha value is -1.56. The van der Waals surface area contributed by atoms with Crippen LogP contribution in [-0.4, -0.2) is 9.91 Å². The summed E-state index contributed by atoms with van der Waals surface area (Å²) in [4.78, 5) is 24.4. The van der Waals surface area contributed by atoms with Crippen LogP contribution in [0, 0.1) is 10.1 Å². The molecule has 0 atom stereocenters. The Morgan fingerprint density at radius 1 is 1.00 bits per heavy atom. The van der Waals surface area contributed by atoms with Crippen LogP contribution in [0.2, 0.25) is 15.1 Å². The van der Waals surface area contributed by atoms with Gasteiger partial charge in [-0.25, -0.2) is 0 Å². The van der Waals surface area contributed by atoms with E-state index in [0.717, 1.165) is 6.20 Å². The fourth-order valence-corrected chi connectivity index (χ4v) is 2.19. The van der Waals surface area contributed by atoms with Gasteiger partial charge >= 0.3 is 5.69 Å². The first-order chi connectivity index (χ1) is 8.91. The second-order valence-corrected chi connectivity index (χ2v) is 4.81. The van der Waals surface area contributed by atoms with Gasteiger partial charge in [-0.15, -0.1) is 0 Å². The van der Waals surface area contributed by atoms with Crippen LogP contribution < -0.4 is 5.43 Å². The van der Waals surface area contributed by atoms with Crippen molar-refractivity contribution in [3.05, 3.63) is 59.9 Å². The van der Waals surface area contributed by atoms with Crippen LogP contribution in [0.15, 0.2) is 29.3 Å². The van der Waals surface area contributed by atoms with E-state index < -0.39 is 16.0 Å². The molecule has 1 aromatic carbocycles. The number of hydrogen-bond donors (Lipinski definition) is 1. The number of benzene rings is 1. The minimum Gasteiger partial charge on any atom is -0.361 e. The fourth-order valence-electron chi connectivity index (χ4n) is 1.54. The van der Waals surface area contributed by atoms with Crippen molar-refractivity contribution in [1.82, 2.24) is 4.98 Å². The first-order valence-electron chi connectivity index (χ1n) is 4.92. The number of aromatic amines is 1. The molecule has 98 valence electrons. The van der Waals surface area contributed by atoms with Gasteiger partial charge in [-0.1, -0.05) is 34.8 Å². The monoisotopic (exact) mass is 318 g/mol. The highest BCUT2D eigenvalue weighted by atomic mass is 35.5. The molecular weight excluding hydrogens is 314 g/mol. The normalized spacial score (nSPS) is 10.5. The summed E-state index contributed by atoms with van der Waals surface area (Å²) in [5.74, 6) is 0. The number of halogens is 3. The first kappa shape index (κ1) is 13.9. The lowest BCUT2D eigenvalue weighted by atomic mass is 10.1. The third-order valence-corrected chi connectivity index (χ3v) is 3.46. The number of nitrogens with zero attached hydrogens (tertiary/aromatic N) is 1. The van der Waals surface area contributed by atoms with Crippen LogP contribution in [0.25, 0.3) is 11.1 Å². The fraction of sp³-hybridized carbons (Fsp3) is 0. The van der Waals surface area contributed by atoms with Gasteiger partial charge in [0.1, 0.15) is 0 Å². The maximum absolute atomic E-state index is 12.0. The number of H-pyrrole nitrogens is 1. The van der Waals surface area contributed by atoms with Gasteiger partial charge in [-0.05, 0) is 12.1 Å². The van der Waals surface area contributed by atoms with Crippen molar-refractivity contribution in [2.24, 2.45) is 0 Å². The molecule has 0 aliphatic rings. The van der Waals surface area contributed by atoms with Gasteiger partial charge in [0, 0.05) is 11.8 Å². The van der Waals surface area contributed by atoms with Crippen molar-refractivity contribution in [3.8, 4) is 11.1 Å². The van der Waals surface area contributed by atoms with Gasteiger partial charge in [0.2, 0.25) is 0 Å². The Morgan fingerprint density at radius 2 is 1.63 bits per heavy atom.